The van der Waals surface area contributed by atoms with Gasteiger partial charge in [0.2, 0.25) is 0 Å². The molecule has 3 nitrogen and oxygen atoms in total. The van der Waals surface area contributed by atoms with Gasteiger partial charge in [0.15, 0.2) is 5.13 Å². The maximum atomic E-state index is 4.75. The molecule has 0 saturated carbocycles. The molecule has 0 atom stereocenters. The van der Waals surface area contributed by atoms with Crippen LogP contribution in [0, 0.1) is 0 Å². The third-order valence-corrected chi connectivity index (χ3v) is 4.11. The summed E-state index contributed by atoms with van der Waals surface area (Å²) in [5, 5.41) is 6.72. The van der Waals surface area contributed by atoms with Gasteiger partial charge in [-0.2, -0.15) is 0 Å². The summed E-state index contributed by atoms with van der Waals surface area (Å²) in [7, 11) is 0. The third kappa shape index (κ3) is 2.71. The van der Waals surface area contributed by atoms with Crippen molar-refractivity contribution in [3.8, 4) is 0 Å². The van der Waals surface area contributed by atoms with Crippen LogP contribution in [0.3, 0.4) is 0 Å². The molecular weight excluding hydrogens is 242 g/mol. The normalized spacial score (nSPS) is 15.9. The molecule has 0 bridgehead atoms. The zero-order valence-electron chi connectivity index (χ0n) is 10.3. The Hall–Kier alpha value is -1.39. The summed E-state index contributed by atoms with van der Waals surface area (Å²) >= 11 is 1.76. The van der Waals surface area contributed by atoms with E-state index < -0.39 is 0 Å². The van der Waals surface area contributed by atoms with Gasteiger partial charge < -0.3 is 10.2 Å². The second-order valence-electron chi connectivity index (χ2n) is 4.52. The van der Waals surface area contributed by atoms with E-state index in [1.807, 2.05) is 0 Å². The lowest BCUT2D eigenvalue weighted by molar-refractivity contribution is 0.588. The molecule has 1 aromatic heterocycles. The molecular formula is C14H17N3S. The molecule has 94 valence electrons. The van der Waals surface area contributed by atoms with Gasteiger partial charge in [-0.1, -0.05) is 30.3 Å². The Bertz CT molecular complexity index is 489. The Morgan fingerprint density at radius 1 is 1.17 bits per heavy atom. The topological polar surface area (TPSA) is 28.2 Å². The van der Waals surface area contributed by atoms with Gasteiger partial charge in [-0.15, -0.1) is 11.3 Å². The predicted octanol–water partition coefficient (Wildman–Crippen LogP) is 2.14. The number of nitrogens with zero attached hydrogens (tertiary/aromatic N) is 2. The summed E-state index contributed by atoms with van der Waals surface area (Å²) in [4.78, 5) is 7.12. The summed E-state index contributed by atoms with van der Waals surface area (Å²) < 4.78 is 0. The molecule has 0 aliphatic carbocycles. The van der Waals surface area contributed by atoms with Gasteiger partial charge in [-0.3, -0.25) is 0 Å². The fourth-order valence-corrected chi connectivity index (χ4v) is 3.06. The van der Waals surface area contributed by atoms with Crippen LogP contribution in [0.1, 0.15) is 11.3 Å². The highest BCUT2D eigenvalue weighted by Gasteiger charge is 2.13. The molecule has 1 aliphatic heterocycles. The van der Waals surface area contributed by atoms with Crippen molar-refractivity contribution < 1.29 is 0 Å². The summed E-state index contributed by atoms with van der Waals surface area (Å²) in [6, 6.07) is 10.5. The van der Waals surface area contributed by atoms with Crippen LogP contribution in [-0.2, 0) is 6.42 Å². The fourth-order valence-electron chi connectivity index (χ4n) is 2.18. The van der Waals surface area contributed by atoms with Crippen molar-refractivity contribution in [2.24, 2.45) is 0 Å². The summed E-state index contributed by atoms with van der Waals surface area (Å²) in [6.45, 7) is 4.26. The number of rotatable bonds is 3. The number of anilines is 1. The van der Waals surface area contributed by atoms with E-state index in [9.17, 15) is 0 Å². The molecule has 2 heterocycles. The lowest BCUT2D eigenvalue weighted by atomic mass is 10.1. The van der Waals surface area contributed by atoms with Crippen LogP contribution in [0.2, 0.25) is 0 Å². The number of piperazine rings is 1. The van der Waals surface area contributed by atoms with Crippen LogP contribution in [0.5, 0.6) is 0 Å². The molecule has 18 heavy (non-hydrogen) atoms. The highest BCUT2D eigenvalue weighted by Crippen LogP contribution is 2.22. The Balaban J connectivity index is 1.69. The molecule has 1 N–H and O–H groups in total. The number of nitrogens with one attached hydrogen (secondary N) is 1. The first kappa shape index (κ1) is 11.7. The standard InChI is InChI=1S/C14H17N3S/c1-2-4-12(5-3-1)10-13-11-18-14(16-13)17-8-6-15-7-9-17/h1-5,11,15H,6-10H2. The summed E-state index contributed by atoms with van der Waals surface area (Å²) in [5.74, 6) is 0. The average molecular weight is 259 g/mol. The molecule has 0 amide bonds. The van der Waals surface area contributed by atoms with Crippen LogP contribution in [0.4, 0.5) is 5.13 Å². The van der Waals surface area contributed by atoms with Gasteiger partial charge in [0.1, 0.15) is 0 Å². The number of thiazole rings is 1. The molecule has 3 rings (SSSR count). The Morgan fingerprint density at radius 3 is 2.72 bits per heavy atom. The van der Waals surface area contributed by atoms with Crippen molar-refractivity contribution in [2.75, 3.05) is 31.1 Å². The van der Waals surface area contributed by atoms with E-state index >= 15 is 0 Å². The first-order valence-corrected chi connectivity index (χ1v) is 7.24. The molecule has 0 unspecified atom stereocenters. The zero-order valence-corrected chi connectivity index (χ0v) is 11.1. The van der Waals surface area contributed by atoms with Crippen LogP contribution in [-0.4, -0.2) is 31.2 Å². The first-order valence-electron chi connectivity index (χ1n) is 6.36. The maximum Gasteiger partial charge on any atom is 0.185 e. The zero-order chi connectivity index (χ0) is 12.2. The van der Waals surface area contributed by atoms with Crippen molar-refractivity contribution in [3.63, 3.8) is 0 Å². The molecule has 1 fully saturated rings. The second-order valence-corrected chi connectivity index (χ2v) is 5.36. The SMILES string of the molecule is c1ccc(Cc2csc(N3CCNCC3)n2)cc1. The molecule has 1 aliphatic rings. The Labute approximate surface area is 111 Å². The number of hydrogen-bond acceptors (Lipinski definition) is 4. The number of benzene rings is 1. The van der Waals surface area contributed by atoms with Crippen molar-refractivity contribution >= 4 is 16.5 Å². The van der Waals surface area contributed by atoms with Crippen molar-refractivity contribution in [2.45, 2.75) is 6.42 Å². The van der Waals surface area contributed by atoms with E-state index in [1.54, 1.807) is 11.3 Å². The summed E-state index contributed by atoms with van der Waals surface area (Å²) in [6.07, 6.45) is 0.934. The van der Waals surface area contributed by atoms with E-state index in [2.05, 4.69) is 45.9 Å². The summed E-state index contributed by atoms with van der Waals surface area (Å²) in [5.41, 5.74) is 2.51. The minimum absolute atomic E-state index is 0.934. The molecule has 1 aromatic carbocycles. The van der Waals surface area contributed by atoms with Crippen LogP contribution >= 0.6 is 11.3 Å². The van der Waals surface area contributed by atoms with Gasteiger partial charge >= 0.3 is 0 Å². The van der Waals surface area contributed by atoms with E-state index in [4.69, 9.17) is 4.98 Å². The van der Waals surface area contributed by atoms with Crippen LogP contribution in [0.25, 0.3) is 0 Å². The second kappa shape index (κ2) is 5.50. The van der Waals surface area contributed by atoms with E-state index in [1.165, 1.54) is 16.4 Å². The molecule has 4 heteroatoms. The van der Waals surface area contributed by atoms with Crippen LogP contribution < -0.4 is 10.2 Å². The lowest BCUT2D eigenvalue weighted by Crippen LogP contribution is -2.43. The highest BCUT2D eigenvalue weighted by atomic mass is 32.1. The van der Waals surface area contributed by atoms with Gasteiger partial charge in [-0.25, -0.2) is 4.98 Å². The number of hydrogen-bond donors (Lipinski definition) is 1. The number of aromatic nitrogens is 1. The minimum Gasteiger partial charge on any atom is -0.346 e. The Kier molecular flexibility index (Phi) is 3.57. The largest absolute Gasteiger partial charge is 0.346 e. The van der Waals surface area contributed by atoms with Crippen LogP contribution in [0.15, 0.2) is 35.7 Å². The molecule has 1 saturated heterocycles. The molecule has 2 aromatic rings. The molecule has 0 radical (unpaired) electrons. The Morgan fingerprint density at radius 2 is 1.94 bits per heavy atom. The monoisotopic (exact) mass is 259 g/mol. The lowest BCUT2D eigenvalue weighted by Gasteiger charge is -2.26. The quantitative estimate of drug-likeness (QED) is 0.915. The first-order chi connectivity index (χ1) is 8.92. The van der Waals surface area contributed by atoms with Crippen molar-refractivity contribution in [1.82, 2.24) is 10.3 Å². The minimum atomic E-state index is 0.934. The van der Waals surface area contributed by atoms with Gasteiger partial charge in [0, 0.05) is 38.0 Å². The van der Waals surface area contributed by atoms with Crippen molar-refractivity contribution in [3.05, 3.63) is 47.0 Å². The highest BCUT2D eigenvalue weighted by molar-refractivity contribution is 7.13. The molecule has 0 spiro atoms. The van der Waals surface area contributed by atoms with Crippen molar-refractivity contribution in [1.29, 1.82) is 0 Å². The van der Waals surface area contributed by atoms with E-state index in [0.29, 0.717) is 0 Å². The smallest absolute Gasteiger partial charge is 0.185 e. The van der Waals surface area contributed by atoms with E-state index in [0.717, 1.165) is 32.6 Å². The third-order valence-electron chi connectivity index (χ3n) is 3.16. The average Bonchev–Trinajstić information content (AvgIpc) is 2.89. The van der Waals surface area contributed by atoms with E-state index in [-0.39, 0.29) is 0 Å². The van der Waals surface area contributed by atoms with Gasteiger partial charge in [-0.05, 0) is 5.56 Å². The van der Waals surface area contributed by atoms with Gasteiger partial charge in [0.25, 0.3) is 0 Å². The maximum absolute atomic E-state index is 4.75. The fraction of sp³-hybridized carbons (Fsp3) is 0.357. The predicted molar refractivity (Wildman–Crippen MR) is 76.4 cm³/mol. The van der Waals surface area contributed by atoms with Gasteiger partial charge in [0.05, 0.1) is 5.69 Å².